The first-order chi connectivity index (χ1) is 13.3. The van der Waals surface area contributed by atoms with Crippen LogP contribution in [0.5, 0.6) is 0 Å². The molecule has 1 aromatic carbocycles. The molecule has 2 aliphatic rings. The Bertz CT molecular complexity index is 1190. The van der Waals surface area contributed by atoms with Crippen molar-refractivity contribution in [3.05, 3.63) is 66.5 Å². The molecule has 3 nitrogen and oxygen atoms in total. The predicted octanol–water partition coefficient (Wildman–Crippen LogP) is 5.89. The highest BCUT2D eigenvalue weighted by molar-refractivity contribution is 5.87. The molecule has 0 unspecified atom stereocenters. The fourth-order valence-electron chi connectivity index (χ4n) is 4.30. The minimum absolute atomic E-state index is 0.636. The van der Waals surface area contributed by atoms with E-state index in [0.29, 0.717) is 5.92 Å². The first-order valence-corrected chi connectivity index (χ1v) is 10.0. The molecular weight excluding hydrogens is 330 g/mol. The van der Waals surface area contributed by atoms with Crippen molar-refractivity contribution in [2.75, 3.05) is 0 Å². The highest BCUT2D eigenvalue weighted by Gasteiger charge is 2.33. The third-order valence-corrected chi connectivity index (χ3v) is 6.08. The van der Waals surface area contributed by atoms with Gasteiger partial charge in [-0.25, -0.2) is 4.98 Å². The largest absolute Gasteiger partial charge is 0.339 e. The number of fused-ring (bicyclic) bond motifs is 2. The van der Waals surface area contributed by atoms with E-state index in [-0.39, 0.29) is 0 Å². The van der Waals surface area contributed by atoms with Crippen molar-refractivity contribution in [2.45, 2.75) is 38.1 Å². The number of hydrogen-bond donors (Lipinski definition) is 0. The molecule has 2 fully saturated rings. The van der Waals surface area contributed by atoms with Gasteiger partial charge in [-0.2, -0.15) is 0 Å². The average molecular weight is 353 g/mol. The summed E-state index contributed by atoms with van der Waals surface area (Å²) >= 11 is 0. The first-order valence-electron chi connectivity index (χ1n) is 10.0. The quantitative estimate of drug-likeness (QED) is 0.439. The van der Waals surface area contributed by atoms with E-state index in [9.17, 15) is 0 Å². The molecule has 3 heterocycles. The number of para-hydroxylation sites is 1. The topological polar surface area (TPSA) is 22.2 Å². The molecule has 0 radical (unpaired) electrons. The van der Waals surface area contributed by atoms with Crippen molar-refractivity contribution in [1.82, 2.24) is 14.0 Å². The molecule has 4 aromatic rings. The molecule has 3 heteroatoms. The minimum atomic E-state index is 0.636. The lowest BCUT2D eigenvalue weighted by Crippen LogP contribution is -2.03. The van der Waals surface area contributed by atoms with Gasteiger partial charge in [0.15, 0.2) is 0 Å². The highest BCUT2D eigenvalue weighted by Crippen LogP contribution is 2.46. The molecule has 6 rings (SSSR count). The van der Waals surface area contributed by atoms with Crippen LogP contribution in [0, 0.1) is 5.92 Å². The monoisotopic (exact) mass is 353 g/mol. The molecule has 0 atom stereocenters. The molecule has 0 aliphatic heterocycles. The average Bonchev–Trinajstić information content (AvgIpc) is 3.62. The number of rotatable bonds is 5. The van der Waals surface area contributed by atoms with Crippen LogP contribution >= 0.6 is 0 Å². The summed E-state index contributed by atoms with van der Waals surface area (Å²) in [5, 5.41) is 1.32. The molecule has 0 spiro atoms. The van der Waals surface area contributed by atoms with Crippen molar-refractivity contribution in [1.29, 1.82) is 0 Å². The number of imidazole rings is 1. The third-order valence-electron chi connectivity index (χ3n) is 6.08. The van der Waals surface area contributed by atoms with Crippen LogP contribution in [-0.4, -0.2) is 14.0 Å². The summed E-state index contributed by atoms with van der Waals surface area (Å²) < 4.78 is 4.83. The van der Waals surface area contributed by atoms with Crippen molar-refractivity contribution in [3.63, 3.8) is 0 Å². The van der Waals surface area contributed by atoms with E-state index in [1.54, 1.807) is 0 Å². The normalized spacial score (nSPS) is 17.0. The smallest absolute Gasteiger partial charge is 0.138 e. The van der Waals surface area contributed by atoms with Crippen LogP contribution < -0.4 is 0 Å². The lowest BCUT2D eigenvalue weighted by molar-refractivity contribution is 0.651. The van der Waals surface area contributed by atoms with Gasteiger partial charge in [-0.05, 0) is 61.4 Å². The summed E-state index contributed by atoms with van der Waals surface area (Å²) in [5.74, 6) is 1.46. The van der Waals surface area contributed by atoms with Crippen LogP contribution in [0.1, 0.15) is 42.9 Å². The fraction of sp³-hybridized carbons (Fsp3) is 0.292. The second-order valence-corrected chi connectivity index (χ2v) is 8.15. The Kier molecular flexibility index (Phi) is 3.16. The van der Waals surface area contributed by atoms with Crippen LogP contribution in [0.25, 0.3) is 34.0 Å². The Morgan fingerprint density at radius 2 is 1.93 bits per heavy atom. The lowest BCUT2D eigenvalue weighted by Gasteiger charge is -2.10. The number of pyridine rings is 1. The van der Waals surface area contributed by atoms with Crippen LogP contribution in [0.4, 0.5) is 0 Å². The summed E-state index contributed by atoms with van der Waals surface area (Å²) in [6.07, 6.45) is 9.32. The molecule has 134 valence electrons. The maximum Gasteiger partial charge on any atom is 0.138 e. The van der Waals surface area contributed by atoms with Gasteiger partial charge in [-0.3, -0.25) is 0 Å². The second kappa shape index (κ2) is 5.59. The SMILES string of the molecule is C=Cc1ccn2c(C3CC3)c(-c3cc4ccccc4n3CC3CC3)nc2c1. The van der Waals surface area contributed by atoms with Gasteiger partial charge in [0, 0.05) is 29.6 Å². The van der Waals surface area contributed by atoms with E-state index in [1.807, 2.05) is 6.08 Å². The third kappa shape index (κ3) is 2.45. The van der Waals surface area contributed by atoms with Gasteiger partial charge >= 0.3 is 0 Å². The Morgan fingerprint density at radius 3 is 2.70 bits per heavy atom. The van der Waals surface area contributed by atoms with E-state index in [0.717, 1.165) is 23.7 Å². The zero-order chi connectivity index (χ0) is 18.0. The number of nitrogens with zero attached hydrogens (tertiary/aromatic N) is 3. The van der Waals surface area contributed by atoms with Gasteiger partial charge in [-0.1, -0.05) is 30.9 Å². The van der Waals surface area contributed by atoms with Gasteiger partial charge in [0.1, 0.15) is 11.3 Å². The van der Waals surface area contributed by atoms with Crippen LogP contribution in [-0.2, 0) is 6.54 Å². The second-order valence-electron chi connectivity index (χ2n) is 8.15. The number of aromatic nitrogens is 3. The Labute approximate surface area is 159 Å². The Hall–Kier alpha value is -2.81. The molecule has 27 heavy (non-hydrogen) atoms. The van der Waals surface area contributed by atoms with E-state index < -0.39 is 0 Å². The summed E-state index contributed by atoms with van der Waals surface area (Å²) in [6, 6.07) is 15.4. The number of hydrogen-bond acceptors (Lipinski definition) is 1. The standard InChI is InChI=1S/C24H23N3/c1-2-16-11-12-26-22(13-16)25-23(24(26)18-9-10-18)21-14-19-5-3-4-6-20(19)27(21)15-17-7-8-17/h2-6,11-14,17-18H,1,7-10,15H2. The molecular formula is C24H23N3. The summed E-state index contributed by atoms with van der Waals surface area (Å²) in [6.45, 7) is 5.02. The van der Waals surface area contributed by atoms with Crippen LogP contribution in [0.2, 0.25) is 0 Å². The highest BCUT2D eigenvalue weighted by atomic mass is 15.1. The molecule has 0 saturated heterocycles. The first kappa shape index (κ1) is 15.3. The molecule has 0 amide bonds. The van der Waals surface area contributed by atoms with E-state index in [4.69, 9.17) is 4.98 Å². The lowest BCUT2D eigenvalue weighted by atomic mass is 10.1. The summed E-state index contributed by atoms with van der Waals surface area (Å²) in [5.41, 5.74) is 7.35. The zero-order valence-electron chi connectivity index (χ0n) is 15.4. The van der Waals surface area contributed by atoms with Crippen LogP contribution in [0.3, 0.4) is 0 Å². The van der Waals surface area contributed by atoms with Crippen molar-refractivity contribution in [3.8, 4) is 11.4 Å². The molecule has 2 aliphatic carbocycles. The van der Waals surface area contributed by atoms with E-state index in [2.05, 4.69) is 64.2 Å². The predicted molar refractivity (Wildman–Crippen MR) is 111 cm³/mol. The Morgan fingerprint density at radius 1 is 1.07 bits per heavy atom. The Balaban J connectivity index is 1.63. The van der Waals surface area contributed by atoms with Gasteiger partial charge in [0.05, 0.1) is 11.4 Å². The van der Waals surface area contributed by atoms with E-state index >= 15 is 0 Å². The minimum Gasteiger partial charge on any atom is -0.339 e. The summed E-state index contributed by atoms with van der Waals surface area (Å²) in [4.78, 5) is 5.13. The van der Waals surface area contributed by atoms with Gasteiger partial charge in [0.2, 0.25) is 0 Å². The summed E-state index contributed by atoms with van der Waals surface area (Å²) in [7, 11) is 0. The van der Waals surface area contributed by atoms with Gasteiger partial charge in [-0.15, -0.1) is 0 Å². The van der Waals surface area contributed by atoms with Crippen LogP contribution in [0.15, 0.2) is 55.2 Å². The van der Waals surface area contributed by atoms with Crippen molar-refractivity contribution < 1.29 is 0 Å². The van der Waals surface area contributed by atoms with Crippen molar-refractivity contribution >= 4 is 22.6 Å². The van der Waals surface area contributed by atoms with Crippen molar-refractivity contribution in [2.24, 2.45) is 5.92 Å². The van der Waals surface area contributed by atoms with Gasteiger partial charge in [0.25, 0.3) is 0 Å². The molecule has 0 N–H and O–H groups in total. The molecule has 3 aromatic heterocycles. The molecule has 2 saturated carbocycles. The van der Waals surface area contributed by atoms with Gasteiger partial charge < -0.3 is 8.97 Å². The zero-order valence-corrected chi connectivity index (χ0v) is 15.4. The molecule has 0 bridgehead atoms. The fourth-order valence-corrected chi connectivity index (χ4v) is 4.30. The number of benzene rings is 1. The maximum atomic E-state index is 5.13. The maximum absolute atomic E-state index is 5.13. The van der Waals surface area contributed by atoms with E-state index in [1.165, 1.54) is 53.7 Å².